The summed E-state index contributed by atoms with van der Waals surface area (Å²) in [6, 6.07) is 5.48. The van der Waals surface area contributed by atoms with E-state index in [0.29, 0.717) is 18.3 Å². The second kappa shape index (κ2) is 9.66. The van der Waals surface area contributed by atoms with Crippen LogP contribution in [0.25, 0.3) is 0 Å². The largest absolute Gasteiger partial charge is 0.494 e. The molecule has 25 heavy (non-hydrogen) atoms. The Balaban J connectivity index is 2.68. The molecule has 0 aliphatic heterocycles. The number of nitrogens with one attached hydrogen (secondary N) is 1. The van der Waals surface area contributed by atoms with Gasteiger partial charge in [0.2, 0.25) is 0 Å². The number of urea groups is 1. The van der Waals surface area contributed by atoms with E-state index in [2.05, 4.69) is 13.8 Å². The average Bonchev–Trinajstić information content (AvgIpc) is 2.51. The molecule has 7 nitrogen and oxygen atoms in total. The van der Waals surface area contributed by atoms with Crippen molar-refractivity contribution in [3.63, 3.8) is 0 Å². The van der Waals surface area contributed by atoms with Crippen molar-refractivity contribution in [2.45, 2.75) is 40.2 Å². The lowest BCUT2D eigenvalue weighted by atomic mass is 10.1. The van der Waals surface area contributed by atoms with Crippen LogP contribution in [0.1, 0.15) is 44.5 Å². The van der Waals surface area contributed by atoms with Crippen molar-refractivity contribution in [2.75, 3.05) is 6.61 Å². The molecule has 0 aliphatic carbocycles. The highest BCUT2D eigenvalue weighted by Gasteiger charge is 2.27. The fraction of sp³-hybridized carbons (Fsp3) is 0.500. The summed E-state index contributed by atoms with van der Waals surface area (Å²) in [4.78, 5) is 34.9. The minimum atomic E-state index is -1.11. The molecule has 0 aromatic heterocycles. The Bertz CT molecular complexity index is 596. The van der Waals surface area contributed by atoms with Crippen LogP contribution in [0.3, 0.4) is 0 Å². The molecule has 1 aromatic carbocycles. The van der Waals surface area contributed by atoms with Gasteiger partial charge in [-0.15, -0.1) is 0 Å². The highest BCUT2D eigenvalue weighted by atomic mass is 16.5. The first-order chi connectivity index (χ1) is 11.7. The highest BCUT2D eigenvalue weighted by Crippen LogP contribution is 2.16. The number of imide groups is 1. The molecule has 1 aromatic rings. The molecule has 0 saturated carbocycles. The van der Waals surface area contributed by atoms with Crippen LogP contribution in [-0.4, -0.2) is 30.6 Å². The summed E-state index contributed by atoms with van der Waals surface area (Å²) >= 11 is 0. The zero-order valence-corrected chi connectivity index (χ0v) is 15.1. The molecule has 0 aliphatic rings. The molecule has 1 rings (SSSR count). The van der Waals surface area contributed by atoms with Crippen LogP contribution >= 0.6 is 0 Å². The van der Waals surface area contributed by atoms with Gasteiger partial charge < -0.3 is 15.2 Å². The van der Waals surface area contributed by atoms with Crippen LogP contribution in [0.2, 0.25) is 0 Å². The third kappa shape index (κ3) is 7.24. The summed E-state index contributed by atoms with van der Waals surface area (Å²) < 4.78 is 10.8. The minimum absolute atomic E-state index is 0.286. The number of primary amides is 1. The van der Waals surface area contributed by atoms with E-state index in [9.17, 15) is 14.4 Å². The zero-order chi connectivity index (χ0) is 19.0. The van der Waals surface area contributed by atoms with Crippen molar-refractivity contribution >= 4 is 17.9 Å². The van der Waals surface area contributed by atoms with Gasteiger partial charge in [-0.25, -0.2) is 9.59 Å². The molecule has 0 spiro atoms. The Morgan fingerprint density at radius 2 is 1.68 bits per heavy atom. The second-order valence-electron chi connectivity index (χ2n) is 6.48. The highest BCUT2D eigenvalue weighted by molar-refractivity contribution is 5.98. The summed E-state index contributed by atoms with van der Waals surface area (Å²) in [5, 5.41) is 1.93. The van der Waals surface area contributed by atoms with Crippen LogP contribution < -0.4 is 15.8 Å². The Labute approximate surface area is 147 Å². The van der Waals surface area contributed by atoms with E-state index < -0.39 is 24.0 Å². The standard InChI is InChI=1S/C18H26N2O5/c1-11(2)9-10-24-14-7-5-13(6-8-14)17(22)25-15(12(3)4)16(21)20-18(19)23/h5-8,11-12,15H,9-10H2,1-4H3,(H3,19,20,21,23). The van der Waals surface area contributed by atoms with Crippen LogP contribution in [0.4, 0.5) is 4.79 Å². The van der Waals surface area contributed by atoms with Gasteiger partial charge in [0.05, 0.1) is 12.2 Å². The number of esters is 1. The third-order valence-corrected chi connectivity index (χ3v) is 3.40. The second-order valence-corrected chi connectivity index (χ2v) is 6.48. The van der Waals surface area contributed by atoms with Crippen LogP contribution in [0.15, 0.2) is 24.3 Å². The van der Waals surface area contributed by atoms with Gasteiger partial charge in [0, 0.05) is 0 Å². The van der Waals surface area contributed by atoms with E-state index in [1.807, 2.05) is 5.32 Å². The summed E-state index contributed by atoms with van der Waals surface area (Å²) in [5.74, 6) is -0.517. The Morgan fingerprint density at radius 1 is 1.08 bits per heavy atom. The Morgan fingerprint density at radius 3 is 2.16 bits per heavy atom. The lowest BCUT2D eigenvalue weighted by Gasteiger charge is -2.19. The zero-order valence-electron chi connectivity index (χ0n) is 15.1. The minimum Gasteiger partial charge on any atom is -0.494 e. The van der Waals surface area contributed by atoms with Gasteiger partial charge in [0.25, 0.3) is 5.91 Å². The number of hydrogen-bond donors (Lipinski definition) is 2. The third-order valence-electron chi connectivity index (χ3n) is 3.40. The molecular formula is C18H26N2O5. The number of rotatable bonds is 8. The van der Waals surface area contributed by atoms with Crippen LogP contribution in [-0.2, 0) is 9.53 Å². The van der Waals surface area contributed by atoms with E-state index in [-0.39, 0.29) is 11.5 Å². The topological polar surface area (TPSA) is 108 Å². The summed E-state index contributed by atoms with van der Waals surface area (Å²) in [6.07, 6.45) is -0.170. The molecule has 0 radical (unpaired) electrons. The van der Waals surface area contributed by atoms with Crippen molar-refractivity contribution in [2.24, 2.45) is 17.6 Å². The molecule has 0 fully saturated rings. The van der Waals surface area contributed by atoms with E-state index in [1.165, 1.54) is 0 Å². The first-order valence-electron chi connectivity index (χ1n) is 8.24. The normalized spacial score (nSPS) is 11.9. The molecule has 3 amide bonds. The quantitative estimate of drug-likeness (QED) is 0.700. The van der Waals surface area contributed by atoms with E-state index in [0.717, 1.165) is 6.42 Å². The molecule has 138 valence electrons. The smallest absolute Gasteiger partial charge is 0.338 e. The van der Waals surface area contributed by atoms with E-state index >= 15 is 0 Å². The predicted molar refractivity (Wildman–Crippen MR) is 93.2 cm³/mol. The lowest BCUT2D eigenvalue weighted by molar-refractivity contribution is -0.130. The molecule has 3 N–H and O–H groups in total. The van der Waals surface area contributed by atoms with Gasteiger partial charge in [0.1, 0.15) is 5.75 Å². The maximum absolute atomic E-state index is 12.2. The molecule has 0 heterocycles. The van der Waals surface area contributed by atoms with E-state index in [1.54, 1.807) is 38.1 Å². The summed E-state index contributed by atoms with van der Waals surface area (Å²) in [5.41, 5.74) is 5.21. The van der Waals surface area contributed by atoms with Crippen molar-refractivity contribution in [1.29, 1.82) is 0 Å². The van der Waals surface area contributed by atoms with E-state index in [4.69, 9.17) is 15.2 Å². The van der Waals surface area contributed by atoms with Gasteiger partial charge in [-0.1, -0.05) is 27.7 Å². The van der Waals surface area contributed by atoms with Crippen molar-refractivity contribution in [3.05, 3.63) is 29.8 Å². The first kappa shape index (κ1) is 20.5. The summed E-state index contributed by atoms with van der Waals surface area (Å²) in [6.45, 7) is 8.22. The SMILES string of the molecule is CC(C)CCOc1ccc(C(=O)OC(C(=O)NC(N)=O)C(C)C)cc1. The number of hydrogen-bond acceptors (Lipinski definition) is 5. The molecule has 0 saturated heterocycles. The summed E-state index contributed by atoms with van der Waals surface area (Å²) in [7, 11) is 0. The molecule has 1 atom stereocenters. The Hall–Kier alpha value is -2.57. The van der Waals surface area contributed by atoms with Crippen molar-refractivity contribution in [3.8, 4) is 5.75 Å². The van der Waals surface area contributed by atoms with Crippen molar-refractivity contribution < 1.29 is 23.9 Å². The number of nitrogens with two attached hydrogens (primary N) is 1. The fourth-order valence-corrected chi connectivity index (χ4v) is 1.97. The molecule has 0 bridgehead atoms. The maximum atomic E-state index is 12.2. The first-order valence-corrected chi connectivity index (χ1v) is 8.24. The average molecular weight is 350 g/mol. The van der Waals surface area contributed by atoms with Crippen LogP contribution in [0, 0.1) is 11.8 Å². The molecule has 7 heteroatoms. The van der Waals surface area contributed by atoms with Gasteiger partial charge >= 0.3 is 12.0 Å². The Kier molecular flexibility index (Phi) is 7.91. The van der Waals surface area contributed by atoms with Crippen molar-refractivity contribution in [1.82, 2.24) is 5.32 Å². The van der Waals surface area contributed by atoms with Gasteiger partial charge in [0.15, 0.2) is 6.10 Å². The van der Waals surface area contributed by atoms with Crippen LogP contribution in [0.5, 0.6) is 5.75 Å². The van der Waals surface area contributed by atoms with Gasteiger partial charge in [-0.2, -0.15) is 0 Å². The maximum Gasteiger partial charge on any atom is 0.338 e. The number of amides is 3. The van der Waals surface area contributed by atoms with Gasteiger partial charge in [-0.05, 0) is 42.5 Å². The monoisotopic (exact) mass is 350 g/mol. The number of carbonyl (C=O) groups excluding carboxylic acids is 3. The predicted octanol–water partition coefficient (Wildman–Crippen LogP) is 2.49. The molecule has 1 unspecified atom stereocenters. The lowest BCUT2D eigenvalue weighted by Crippen LogP contribution is -2.45. The number of ether oxygens (including phenoxy) is 2. The molecular weight excluding hydrogens is 324 g/mol. The van der Waals surface area contributed by atoms with Gasteiger partial charge in [-0.3, -0.25) is 10.1 Å². The fourth-order valence-electron chi connectivity index (χ4n) is 1.97. The number of carbonyl (C=O) groups is 3. The number of benzene rings is 1.